The van der Waals surface area contributed by atoms with Gasteiger partial charge in [0.1, 0.15) is 22.6 Å². The van der Waals surface area contributed by atoms with Gasteiger partial charge in [0, 0.05) is 11.1 Å². The Morgan fingerprint density at radius 2 is 1.62 bits per heavy atom. The second-order valence-electron chi connectivity index (χ2n) is 9.04. The fourth-order valence-electron chi connectivity index (χ4n) is 4.10. The first-order valence-electron chi connectivity index (χ1n) is 12.5. The number of nitrogens with zero attached hydrogens (tertiary/aromatic N) is 3. The second-order valence-corrected chi connectivity index (χ2v) is 11.4. The zero-order chi connectivity index (χ0) is 28.2. The Morgan fingerprint density at radius 1 is 0.950 bits per heavy atom. The van der Waals surface area contributed by atoms with Gasteiger partial charge in [0.2, 0.25) is 5.91 Å². The van der Waals surface area contributed by atoms with Gasteiger partial charge in [-0.05, 0) is 67.9 Å². The van der Waals surface area contributed by atoms with E-state index in [1.54, 1.807) is 21.1 Å². The zero-order valence-corrected chi connectivity index (χ0v) is 24.0. The number of ether oxygens (including phenoxy) is 2. The Hall–Kier alpha value is -4.39. The maximum absolute atomic E-state index is 13.2. The van der Waals surface area contributed by atoms with E-state index in [1.807, 2.05) is 79.7 Å². The highest BCUT2D eigenvalue weighted by molar-refractivity contribution is 8.00. The van der Waals surface area contributed by atoms with Crippen LogP contribution in [0.2, 0.25) is 0 Å². The van der Waals surface area contributed by atoms with Crippen molar-refractivity contribution in [1.82, 2.24) is 9.97 Å². The molecule has 200 valence electrons. The lowest BCUT2D eigenvalue weighted by Crippen LogP contribution is -2.22. The van der Waals surface area contributed by atoms with Crippen LogP contribution >= 0.6 is 23.1 Å². The van der Waals surface area contributed by atoms with Gasteiger partial charge in [-0.1, -0.05) is 52.9 Å². The van der Waals surface area contributed by atoms with Crippen LogP contribution in [0.25, 0.3) is 32.6 Å². The van der Waals surface area contributed by atoms with E-state index in [4.69, 9.17) is 14.5 Å². The summed E-state index contributed by atoms with van der Waals surface area (Å²) in [5.74, 6) is 1.24. The molecule has 5 rings (SSSR count). The van der Waals surface area contributed by atoms with E-state index >= 15 is 0 Å². The van der Waals surface area contributed by atoms with Gasteiger partial charge in [0.05, 0.1) is 40.9 Å². The van der Waals surface area contributed by atoms with Crippen molar-refractivity contribution < 1.29 is 14.3 Å². The molecule has 0 aliphatic heterocycles. The molecule has 0 radical (unpaired) electrons. The van der Waals surface area contributed by atoms with Crippen LogP contribution in [-0.4, -0.2) is 35.3 Å². The number of rotatable bonds is 8. The lowest BCUT2D eigenvalue weighted by Gasteiger charge is -2.15. The number of nitriles is 1. The number of amides is 1. The molecule has 7 nitrogen and oxygen atoms in total. The fourth-order valence-corrected chi connectivity index (χ4v) is 5.92. The topological polar surface area (TPSA) is 97.1 Å². The third kappa shape index (κ3) is 5.78. The summed E-state index contributed by atoms with van der Waals surface area (Å²) >= 11 is 2.63. The molecule has 1 amide bonds. The molecule has 40 heavy (non-hydrogen) atoms. The van der Waals surface area contributed by atoms with Gasteiger partial charge in [-0.15, -0.1) is 0 Å². The average Bonchev–Trinajstić information content (AvgIpc) is 3.38. The standard InChI is InChI=1S/C31H26N4O3S2/c1-18-5-7-20(8-6-18)24-16-27(21-9-11-22(37-3)12-10-21)33-30(25(24)17-32)39-19(2)29(36)35-31-34-26-14-13-23(38-4)15-28(26)40-31/h5-16,19H,1-4H3,(H,34,35,36). The number of carbonyl (C=O) groups is 1. The average molecular weight is 567 g/mol. The number of aryl methyl sites for hydroxylation is 1. The van der Waals surface area contributed by atoms with Crippen LogP contribution < -0.4 is 14.8 Å². The van der Waals surface area contributed by atoms with Gasteiger partial charge >= 0.3 is 0 Å². The summed E-state index contributed by atoms with van der Waals surface area (Å²) in [6.07, 6.45) is 0. The molecule has 0 aliphatic rings. The summed E-state index contributed by atoms with van der Waals surface area (Å²) in [6, 6.07) is 25.5. The van der Waals surface area contributed by atoms with Crippen LogP contribution in [0.1, 0.15) is 18.1 Å². The van der Waals surface area contributed by atoms with E-state index in [0.717, 1.165) is 44.0 Å². The largest absolute Gasteiger partial charge is 0.497 e. The molecular weight excluding hydrogens is 541 g/mol. The molecule has 0 spiro atoms. The number of nitrogens with one attached hydrogen (secondary N) is 1. The summed E-state index contributed by atoms with van der Waals surface area (Å²) in [4.78, 5) is 22.6. The number of anilines is 1. The summed E-state index contributed by atoms with van der Waals surface area (Å²) in [5, 5.41) is 13.6. The van der Waals surface area contributed by atoms with Gasteiger partial charge in [-0.3, -0.25) is 4.79 Å². The van der Waals surface area contributed by atoms with Crippen molar-refractivity contribution in [2.45, 2.75) is 24.1 Å². The lowest BCUT2D eigenvalue weighted by atomic mass is 9.98. The van der Waals surface area contributed by atoms with Crippen molar-refractivity contribution in [3.63, 3.8) is 0 Å². The number of benzene rings is 3. The molecule has 9 heteroatoms. The number of thioether (sulfide) groups is 1. The van der Waals surface area contributed by atoms with E-state index in [-0.39, 0.29) is 5.91 Å². The molecule has 1 N–H and O–H groups in total. The van der Waals surface area contributed by atoms with Crippen molar-refractivity contribution in [3.8, 4) is 40.0 Å². The highest BCUT2D eigenvalue weighted by Gasteiger charge is 2.22. The van der Waals surface area contributed by atoms with Crippen LogP contribution in [0, 0.1) is 18.3 Å². The number of thiazole rings is 1. The number of methoxy groups -OCH3 is 2. The Morgan fingerprint density at radius 3 is 2.30 bits per heavy atom. The normalized spacial score (nSPS) is 11.6. The molecule has 0 bridgehead atoms. The number of carbonyl (C=O) groups excluding carboxylic acids is 1. The SMILES string of the molecule is COc1ccc(-c2cc(-c3ccc(C)cc3)c(C#N)c(SC(C)C(=O)Nc3nc4ccc(OC)cc4s3)n2)cc1. The highest BCUT2D eigenvalue weighted by Crippen LogP contribution is 2.37. The molecule has 0 saturated carbocycles. The first-order chi connectivity index (χ1) is 19.4. The van der Waals surface area contributed by atoms with E-state index in [0.29, 0.717) is 21.4 Å². The molecule has 1 unspecified atom stereocenters. The predicted octanol–water partition coefficient (Wildman–Crippen LogP) is 7.34. The van der Waals surface area contributed by atoms with Crippen LogP contribution in [0.5, 0.6) is 11.5 Å². The molecule has 0 fully saturated rings. The Kier molecular flexibility index (Phi) is 8.01. The maximum atomic E-state index is 13.2. The Bertz CT molecular complexity index is 1730. The molecule has 5 aromatic rings. The highest BCUT2D eigenvalue weighted by atomic mass is 32.2. The van der Waals surface area contributed by atoms with E-state index in [2.05, 4.69) is 16.4 Å². The first-order valence-corrected chi connectivity index (χ1v) is 14.2. The smallest absolute Gasteiger partial charge is 0.239 e. The van der Waals surface area contributed by atoms with Crippen LogP contribution in [0.4, 0.5) is 5.13 Å². The van der Waals surface area contributed by atoms with Gasteiger partial charge < -0.3 is 14.8 Å². The Balaban J connectivity index is 1.48. The van der Waals surface area contributed by atoms with Gasteiger partial charge in [-0.2, -0.15) is 5.26 Å². The van der Waals surface area contributed by atoms with Crippen LogP contribution in [0.15, 0.2) is 77.8 Å². The van der Waals surface area contributed by atoms with Crippen LogP contribution in [-0.2, 0) is 4.79 Å². The third-order valence-electron chi connectivity index (χ3n) is 6.33. The van der Waals surface area contributed by atoms with Crippen molar-refractivity contribution in [1.29, 1.82) is 5.26 Å². The maximum Gasteiger partial charge on any atom is 0.239 e. The number of fused-ring (bicyclic) bond motifs is 1. The fraction of sp³-hybridized carbons (Fsp3) is 0.161. The number of aromatic nitrogens is 2. The van der Waals surface area contributed by atoms with E-state index in [1.165, 1.54) is 23.1 Å². The van der Waals surface area contributed by atoms with Crippen molar-refractivity contribution in [3.05, 3.63) is 83.9 Å². The summed E-state index contributed by atoms with van der Waals surface area (Å²) in [6.45, 7) is 3.82. The minimum absolute atomic E-state index is 0.228. The number of hydrogen-bond donors (Lipinski definition) is 1. The third-order valence-corrected chi connectivity index (χ3v) is 8.35. The van der Waals surface area contributed by atoms with Crippen LogP contribution in [0.3, 0.4) is 0 Å². The summed E-state index contributed by atoms with van der Waals surface area (Å²) in [5.41, 5.74) is 5.58. The zero-order valence-electron chi connectivity index (χ0n) is 22.4. The van der Waals surface area contributed by atoms with E-state index < -0.39 is 5.25 Å². The molecule has 2 heterocycles. The van der Waals surface area contributed by atoms with Crippen molar-refractivity contribution in [2.24, 2.45) is 0 Å². The quantitative estimate of drug-likeness (QED) is 0.196. The molecule has 1 atom stereocenters. The summed E-state index contributed by atoms with van der Waals surface area (Å²) in [7, 11) is 3.23. The van der Waals surface area contributed by atoms with Gasteiger partial charge in [0.25, 0.3) is 0 Å². The van der Waals surface area contributed by atoms with Gasteiger partial charge in [-0.25, -0.2) is 9.97 Å². The van der Waals surface area contributed by atoms with Gasteiger partial charge in [0.15, 0.2) is 5.13 Å². The monoisotopic (exact) mass is 566 g/mol. The van der Waals surface area contributed by atoms with Crippen molar-refractivity contribution >= 4 is 44.4 Å². The summed E-state index contributed by atoms with van der Waals surface area (Å²) < 4.78 is 11.5. The van der Waals surface area contributed by atoms with Crippen molar-refractivity contribution in [2.75, 3.05) is 19.5 Å². The Labute approximate surface area is 240 Å². The minimum Gasteiger partial charge on any atom is -0.497 e. The number of hydrogen-bond acceptors (Lipinski definition) is 8. The number of pyridine rings is 1. The molecule has 2 aromatic heterocycles. The molecule has 3 aromatic carbocycles. The molecule has 0 saturated heterocycles. The second kappa shape index (κ2) is 11.8. The minimum atomic E-state index is -0.543. The molecule has 0 aliphatic carbocycles. The lowest BCUT2D eigenvalue weighted by molar-refractivity contribution is -0.115. The molecular formula is C31H26N4O3S2. The van der Waals surface area contributed by atoms with E-state index in [9.17, 15) is 10.1 Å². The predicted molar refractivity (Wildman–Crippen MR) is 161 cm³/mol. The first kappa shape index (κ1) is 27.2.